The summed E-state index contributed by atoms with van der Waals surface area (Å²) in [5, 5.41) is 8.47. The number of nitrogens with zero attached hydrogens (tertiary/aromatic N) is 1. The number of para-hydroxylation sites is 2. The summed E-state index contributed by atoms with van der Waals surface area (Å²) in [6.07, 6.45) is 0. The second-order valence-electron chi connectivity index (χ2n) is 2.51. The number of nitrogens with two attached hydrogens (primary N) is 1. The Kier molecular flexibility index (Phi) is 3.75. The van der Waals surface area contributed by atoms with E-state index in [4.69, 9.17) is 15.7 Å². The molecular weight excluding hydrogens is 182 g/mol. The molecule has 0 saturated carbocycles. The van der Waals surface area contributed by atoms with Crippen molar-refractivity contribution >= 4 is 11.6 Å². The molecule has 0 saturated heterocycles. The molecular formula is C9H13N3O2. The number of ether oxygens (including phenoxy) is 1. The molecule has 0 aliphatic carbocycles. The summed E-state index contributed by atoms with van der Waals surface area (Å²) in [6, 6.07) is 7.18. The first-order valence-electron chi connectivity index (χ1n) is 4.24. The highest BCUT2D eigenvalue weighted by Crippen LogP contribution is 2.26. The number of hydrogen-bond acceptors (Lipinski definition) is 3. The summed E-state index contributed by atoms with van der Waals surface area (Å²) in [4.78, 5) is 3.90. The lowest BCUT2D eigenvalue weighted by atomic mass is 10.3. The van der Waals surface area contributed by atoms with Crippen molar-refractivity contribution in [2.45, 2.75) is 6.92 Å². The Bertz CT molecular complexity index is 326. The molecule has 0 atom stereocenters. The number of aliphatic imine (C=N–C) groups is 1. The van der Waals surface area contributed by atoms with E-state index in [1.54, 1.807) is 17.6 Å². The van der Waals surface area contributed by atoms with Crippen LogP contribution in [0.1, 0.15) is 6.92 Å². The van der Waals surface area contributed by atoms with Crippen LogP contribution in [0.2, 0.25) is 0 Å². The third-order valence-corrected chi connectivity index (χ3v) is 1.52. The Hall–Kier alpha value is -1.75. The summed E-state index contributed by atoms with van der Waals surface area (Å²) in [6.45, 7) is 2.44. The van der Waals surface area contributed by atoms with Gasteiger partial charge in [0.1, 0.15) is 11.4 Å². The van der Waals surface area contributed by atoms with Crippen molar-refractivity contribution < 1.29 is 9.94 Å². The maximum Gasteiger partial charge on any atom is 0.218 e. The lowest BCUT2D eigenvalue weighted by Crippen LogP contribution is -2.27. The fourth-order valence-electron chi connectivity index (χ4n) is 0.982. The molecule has 76 valence electrons. The molecule has 0 radical (unpaired) electrons. The third-order valence-electron chi connectivity index (χ3n) is 1.52. The average Bonchev–Trinajstić information content (AvgIpc) is 2.21. The van der Waals surface area contributed by atoms with E-state index in [1.165, 1.54) is 0 Å². The molecule has 0 unspecified atom stereocenters. The Morgan fingerprint density at radius 2 is 2.29 bits per heavy atom. The maximum atomic E-state index is 8.47. The van der Waals surface area contributed by atoms with Gasteiger partial charge >= 0.3 is 0 Å². The second kappa shape index (κ2) is 5.08. The number of nitrogens with one attached hydrogen (secondary N) is 1. The summed E-state index contributed by atoms with van der Waals surface area (Å²) in [5.41, 5.74) is 7.64. The van der Waals surface area contributed by atoms with Gasteiger partial charge in [0.25, 0.3) is 0 Å². The van der Waals surface area contributed by atoms with Crippen LogP contribution in [0.15, 0.2) is 29.3 Å². The quantitative estimate of drug-likeness (QED) is 0.382. The number of benzene rings is 1. The van der Waals surface area contributed by atoms with Gasteiger partial charge in [-0.15, -0.1) is 0 Å². The first-order valence-corrected chi connectivity index (χ1v) is 4.24. The number of hydrogen-bond donors (Lipinski definition) is 3. The lowest BCUT2D eigenvalue weighted by Gasteiger charge is -2.06. The molecule has 5 nitrogen and oxygen atoms in total. The zero-order valence-corrected chi connectivity index (χ0v) is 7.90. The van der Waals surface area contributed by atoms with Crippen LogP contribution in [-0.2, 0) is 0 Å². The zero-order valence-electron chi connectivity index (χ0n) is 7.90. The van der Waals surface area contributed by atoms with Gasteiger partial charge in [-0.05, 0) is 19.1 Å². The molecule has 0 bridgehead atoms. The highest BCUT2D eigenvalue weighted by atomic mass is 16.5. The van der Waals surface area contributed by atoms with Gasteiger partial charge in [-0.3, -0.25) is 5.21 Å². The predicted octanol–water partition coefficient (Wildman–Crippen LogP) is 1.01. The Balaban J connectivity index is 2.95. The Labute approximate surface area is 82.2 Å². The van der Waals surface area contributed by atoms with E-state index in [0.29, 0.717) is 18.0 Å². The van der Waals surface area contributed by atoms with E-state index in [9.17, 15) is 0 Å². The third kappa shape index (κ3) is 2.63. The topological polar surface area (TPSA) is 79.9 Å². The van der Waals surface area contributed by atoms with Gasteiger partial charge in [0.05, 0.1) is 6.61 Å². The SMILES string of the molecule is CCOc1ccccc1N=C(N)NO. The van der Waals surface area contributed by atoms with Crippen LogP contribution in [0.3, 0.4) is 0 Å². The van der Waals surface area contributed by atoms with E-state index in [2.05, 4.69) is 4.99 Å². The van der Waals surface area contributed by atoms with Gasteiger partial charge in [-0.25, -0.2) is 10.5 Å². The van der Waals surface area contributed by atoms with Gasteiger partial charge < -0.3 is 10.5 Å². The molecule has 0 spiro atoms. The summed E-state index contributed by atoms with van der Waals surface area (Å²) in [5.74, 6) is 0.561. The fourth-order valence-corrected chi connectivity index (χ4v) is 0.982. The number of hydroxylamine groups is 1. The summed E-state index contributed by atoms with van der Waals surface area (Å²) in [7, 11) is 0. The van der Waals surface area contributed by atoms with Crippen LogP contribution in [0.5, 0.6) is 5.75 Å². The van der Waals surface area contributed by atoms with Crippen LogP contribution in [0.4, 0.5) is 5.69 Å². The standard InChI is InChI=1S/C9H13N3O2/c1-2-14-8-6-4-3-5-7(8)11-9(10)12-13/h3-6,13H,2H2,1H3,(H3,10,11,12). The molecule has 1 aromatic carbocycles. The average molecular weight is 195 g/mol. The molecule has 0 amide bonds. The summed E-state index contributed by atoms with van der Waals surface area (Å²) < 4.78 is 5.31. The molecule has 0 fully saturated rings. The minimum atomic E-state index is -0.0721. The van der Waals surface area contributed by atoms with Crippen molar-refractivity contribution in [3.05, 3.63) is 24.3 Å². The van der Waals surface area contributed by atoms with Gasteiger partial charge in [0, 0.05) is 0 Å². The molecule has 0 heterocycles. The zero-order chi connectivity index (χ0) is 10.4. The molecule has 14 heavy (non-hydrogen) atoms. The largest absolute Gasteiger partial charge is 0.492 e. The minimum Gasteiger partial charge on any atom is -0.492 e. The highest BCUT2D eigenvalue weighted by Gasteiger charge is 2.00. The van der Waals surface area contributed by atoms with Gasteiger partial charge in [0.15, 0.2) is 0 Å². The van der Waals surface area contributed by atoms with E-state index in [1.807, 2.05) is 19.1 Å². The van der Waals surface area contributed by atoms with Crippen molar-refractivity contribution in [2.75, 3.05) is 6.61 Å². The molecule has 0 aliphatic rings. The van der Waals surface area contributed by atoms with Crippen LogP contribution in [0, 0.1) is 0 Å². The van der Waals surface area contributed by atoms with Gasteiger partial charge in [-0.2, -0.15) is 0 Å². The molecule has 5 heteroatoms. The molecule has 0 aliphatic heterocycles. The van der Waals surface area contributed by atoms with Crippen molar-refractivity contribution in [2.24, 2.45) is 10.7 Å². The van der Waals surface area contributed by atoms with Gasteiger partial charge in [0.2, 0.25) is 5.96 Å². The number of rotatable bonds is 3. The first-order chi connectivity index (χ1) is 6.77. The highest BCUT2D eigenvalue weighted by molar-refractivity contribution is 5.80. The molecule has 1 rings (SSSR count). The van der Waals surface area contributed by atoms with E-state index in [-0.39, 0.29) is 5.96 Å². The Morgan fingerprint density at radius 1 is 1.57 bits per heavy atom. The van der Waals surface area contributed by atoms with Crippen molar-refractivity contribution in [3.8, 4) is 5.75 Å². The minimum absolute atomic E-state index is 0.0721. The normalized spacial score (nSPS) is 11.1. The van der Waals surface area contributed by atoms with E-state index in [0.717, 1.165) is 0 Å². The predicted molar refractivity (Wildman–Crippen MR) is 53.8 cm³/mol. The van der Waals surface area contributed by atoms with Crippen molar-refractivity contribution in [3.63, 3.8) is 0 Å². The van der Waals surface area contributed by atoms with E-state index >= 15 is 0 Å². The van der Waals surface area contributed by atoms with Crippen LogP contribution in [-0.4, -0.2) is 17.8 Å². The lowest BCUT2D eigenvalue weighted by molar-refractivity contribution is 0.233. The molecule has 4 N–H and O–H groups in total. The fraction of sp³-hybridized carbons (Fsp3) is 0.222. The molecule has 1 aromatic rings. The monoisotopic (exact) mass is 195 g/mol. The van der Waals surface area contributed by atoms with Crippen LogP contribution in [0.25, 0.3) is 0 Å². The van der Waals surface area contributed by atoms with Crippen molar-refractivity contribution in [1.82, 2.24) is 5.48 Å². The smallest absolute Gasteiger partial charge is 0.218 e. The van der Waals surface area contributed by atoms with Crippen molar-refractivity contribution in [1.29, 1.82) is 0 Å². The molecule has 0 aromatic heterocycles. The Morgan fingerprint density at radius 3 is 2.93 bits per heavy atom. The first kappa shape index (κ1) is 10.3. The van der Waals surface area contributed by atoms with Gasteiger partial charge in [-0.1, -0.05) is 12.1 Å². The van der Waals surface area contributed by atoms with Crippen LogP contribution < -0.4 is 16.0 Å². The number of guanidine groups is 1. The summed E-state index contributed by atoms with van der Waals surface area (Å²) >= 11 is 0. The maximum absolute atomic E-state index is 8.47. The van der Waals surface area contributed by atoms with E-state index < -0.39 is 0 Å². The van der Waals surface area contributed by atoms with Crippen LogP contribution >= 0.6 is 0 Å². The second-order valence-corrected chi connectivity index (χ2v) is 2.51.